The molecule has 0 saturated heterocycles. The fraction of sp³-hybridized carbons (Fsp3) is 0.263. The number of benzene rings is 1. The van der Waals surface area contributed by atoms with Crippen molar-refractivity contribution >= 4 is 21.4 Å². The third-order valence-corrected chi connectivity index (χ3v) is 5.08. The minimum Gasteiger partial charge on any atom is -0.356 e. The van der Waals surface area contributed by atoms with E-state index in [1.165, 1.54) is 15.9 Å². The number of hydrogen-bond acceptors (Lipinski definition) is 6. The maximum absolute atomic E-state index is 12.2. The van der Waals surface area contributed by atoms with Gasteiger partial charge in [-0.25, -0.2) is 4.98 Å². The van der Waals surface area contributed by atoms with Gasteiger partial charge >= 0.3 is 0 Å². The molecule has 0 fully saturated rings. The predicted molar refractivity (Wildman–Crippen MR) is 107 cm³/mol. The smallest absolute Gasteiger partial charge is 0.275 e. The summed E-state index contributed by atoms with van der Waals surface area (Å²) in [4.78, 5) is 17.3. The summed E-state index contributed by atoms with van der Waals surface area (Å²) in [6.07, 6.45) is 5.60. The molecule has 1 N–H and O–H groups in total. The van der Waals surface area contributed by atoms with Crippen LogP contribution in [-0.4, -0.2) is 24.4 Å². The van der Waals surface area contributed by atoms with Gasteiger partial charge in [0, 0.05) is 37.1 Å². The Labute approximate surface area is 160 Å². The number of nitrogens with zero attached hydrogens (tertiary/aromatic N) is 5. The highest BCUT2D eigenvalue weighted by Gasteiger charge is 2.09. The molecule has 3 aromatic heterocycles. The Kier molecular flexibility index (Phi) is 4.72. The zero-order valence-corrected chi connectivity index (χ0v) is 16.0. The van der Waals surface area contributed by atoms with Crippen LogP contribution in [-0.2, 0) is 20.0 Å². The van der Waals surface area contributed by atoms with Gasteiger partial charge in [-0.15, -0.1) is 5.10 Å². The fourth-order valence-electron chi connectivity index (χ4n) is 2.92. The van der Waals surface area contributed by atoms with Crippen molar-refractivity contribution in [2.75, 3.05) is 5.32 Å². The molecule has 0 radical (unpaired) electrons. The van der Waals surface area contributed by atoms with Gasteiger partial charge in [0.15, 0.2) is 0 Å². The number of rotatable bonds is 6. The molecular formula is C19H20N6OS. The minimum atomic E-state index is -0.133. The fourth-order valence-corrected chi connectivity index (χ4v) is 3.74. The van der Waals surface area contributed by atoms with Gasteiger partial charge < -0.3 is 5.32 Å². The van der Waals surface area contributed by atoms with Crippen LogP contribution in [0.3, 0.4) is 0 Å². The zero-order valence-electron chi connectivity index (χ0n) is 15.2. The molecule has 7 nitrogen and oxygen atoms in total. The van der Waals surface area contributed by atoms with Gasteiger partial charge in [-0.1, -0.05) is 42.9 Å². The van der Waals surface area contributed by atoms with Crippen molar-refractivity contribution in [1.29, 1.82) is 0 Å². The lowest BCUT2D eigenvalue weighted by Crippen LogP contribution is -2.15. The standard InChI is InChI=1S/C19H20N6OS/c1-3-5-16-9-17(26)25-19(22-16)27-18(23-25)20-10-13-6-4-7-14(8-13)15-11-21-24(2)12-15/h4,6-9,11-12H,3,5,10H2,1-2H3,(H,20,23). The van der Waals surface area contributed by atoms with Gasteiger partial charge in [0.1, 0.15) is 0 Å². The van der Waals surface area contributed by atoms with Gasteiger partial charge in [-0.05, 0) is 23.6 Å². The largest absolute Gasteiger partial charge is 0.356 e. The number of aryl methyl sites for hydroxylation is 2. The molecule has 138 valence electrons. The second-order valence-corrected chi connectivity index (χ2v) is 7.35. The molecule has 0 unspecified atom stereocenters. The van der Waals surface area contributed by atoms with Crippen LogP contribution in [0.15, 0.2) is 47.5 Å². The van der Waals surface area contributed by atoms with E-state index in [-0.39, 0.29) is 5.56 Å². The van der Waals surface area contributed by atoms with E-state index in [1.807, 2.05) is 25.5 Å². The van der Waals surface area contributed by atoms with Crippen molar-refractivity contribution in [3.63, 3.8) is 0 Å². The highest BCUT2D eigenvalue weighted by molar-refractivity contribution is 7.20. The molecule has 0 amide bonds. The van der Waals surface area contributed by atoms with Gasteiger partial charge in [0.05, 0.1) is 6.20 Å². The molecule has 0 aliphatic heterocycles. The van der Waals surface area contributed by atoms with E-state index in [2.05, 4.69) is 45.6 Å². The molecule has 0 bridgehead atoms. The normalized spacial score (nSPS) is 11.2. The molecule has 0 atom stereocenters. The third kappa shape index (κ3) is 3.75. The van der Waals surface area contributed by atoms with Crippen LogP contribution in [0.5, 0.6) is 0 Å². The van der Waals surface area contributed by atoms with E-state index in [4.69, 9.17) is 0 Å². The first kappa shape index (κ1) is 17.4. The van der Waals surface area contributed by atoms with Crippen LogP contribution in [0.25, 0.3) is 16.1 Å². The first-order valence-corrected chi connectivity index (χ1v) is 9.65. The van der Waals surface area contributed by atoms with Crippen molar-refractivity contribution in [2.45, 2.75) is 26.3 Å². The van der Waals surface area contributed by atoms with Gasteiger partial charge in [-0.3, -0.25) is 9.48 Å². The average molecular weight is 380 g/mol. The summed E-state index contributed by atoms with van der Waals surface area (Å²) >= 11 is 1.39. The number of hydrogen-bond donors (Lipinski definition) is 1. The Bertz CT molecular complexity index is 1140. The molecule has 4 aromatic rings. The topological polar surface area (TPSA) is 77.1 Å². The number of fused-ring (bicyclic) bond motifs is 1. The summed E-state index contributed by atoms with van der Waals surface area (Å²) in [6.45, 7) is 2.69. The minimum absolute atomic E-state index is 0.133. The van der Waals surface area contributed by atoms with E-state index >= 15 is 0 Å². The molecule has 0 aliphatic rings. The Morgan fingerprint density at radius 3 is 2.89 bits per heavy atom. The van der Waals surface area contributed by atoms with Gasteiger partial charge in [0.25, 0.3) is 5.56 Å². The molecule has 4 rings (SSSR count). The van der Waals surface area contributed by atoms with Crippen molar-refractivity contribution < 1.29 is 0 Å². The van der Waals surface area contributed by atoms with E-state index < -0.39 is 0 Å². The highest BCUT2D eigenvalue weighted by atomic mass is 32.1. The van der Waals surface area contributed by atoms with Crippen LogP contribution in [0.4, 0.5) is 5.13 Å². The van der Waals surface area contributed by atoms with Gasteiger partial charge in [0.2, 0.25) is 10.1 Å². The van der Waals surface area contributed by atoms with Crippen LogP contribution in [0.2, 0.25) is 0 Å². The summed E-state index contributed by atoms with van der Waals surface area (Å²) in [5, 5.41) is 12.6. The van der Waals surface area contributed by atoms with Crippen LogP contribution in [0, 0.1) is 0 Å². The summed E-state index contributed by atoms with van der Waals surface area (Å²) in [5.74, 6) is 0. The average Bonchev–Trinajstić information content (AvgIpc) is 3.27. The molecule has 27 heavy (non-hydrogen) atoms. The lowest BCUT2D eigenvalue weighted by Gasteiger charge is -2.04. The summed E-state index contributed by atoms with van der Waals surface area (Å²) in [6, 6.07) is 9.85. The van der Waals surface area contributed by atoms with Crippen molar-refractivity contribution in [1.82, 2.24) is 24.4 Å². The maximum Gasteiger partial charge on any atom is 0.275 e. The van der Waals surface area contributed by atoms with Crippen molar-refractivity contribution in [3.05, 3.63) is 64.3 Å². The second kappa shape index (κ2) is 7.32. The van der Waals surface area contributed by atoms with E-state index in [9.17, 15) is 4.79 Å². The zero-order chi connectivity index (χ0) is 18.8. The molecule has 8 heteroatoms. The van der Waals surface area contributed by atoms with Gasteiger partial charge in [-0.2, -0.15) is 9.61 Å². The SMILES string of the molecule is CCCc1cc(=O)n2nc(NCc3cccc(-c4cnn(C)c4)c3)sc2n1. The number of nitrogens with one attached hydrogen (secondary N) is 1. The predicted octanol–water partition coefficient (Wildman–Crippen LogP) is 3.12. The van der Waals surface area contributed by atoms with E-state index in [0.29, 0.717) is 16.6 Å². The first-order valence-electron chi connectivity index (χ1n) is 8.84. The van der Waals surface area contributed by atoms with Crippen LogP contribution in [0.1, 0.15) is 24.6 Å². The Morgan fingerprint density at radius 1 is 1.22 bits per heavy atom. The molecule has 0 spiro atoms. The van der Waals surface area contributed by atoms with Crippen molar-refractivity contribution in [2.24, 2.45) is 7.05 Å². The molecule has 0 saturated carbocycles. The second-order valence-electron chi connectivity index (χ2n) is 6.39. The highest BCUT2D eigenvalue weighted by Crippen LogP contribution is 2.21. The van der Waals surface area contributed by atoms with E-state index in [1.54, 1.807) is 10.7 Å². The number of aromatic nitrogens is 5. The number of anilines is 1. The van der Waals surface area contributed by atoms with Crippen LogP contribution < -0.4 is 10.9 Å². The summed E-state index contributed by atoms with van der Waals surface area (Å²) in [5.41, 5.74) is 4.02. The molecule has 1 aromatic carbocycles. The monoisotopic (exact) mass is 380 g/mol. The van der Waals surface area contributed by atoms with E-state index in [0.717, 1.165) is 35.2 Å². The molecule has 3 heterocycles. The molecule has 0 aliphatic carbocycles. The summed E-state index contributed by atoms with van der Waals surface area (Å²) in [7, 11) is 1.91. The Hall–Kier alpha value is -3.00. The lowest BCUT2D eigenvalue weighted by molar-refractivity contribution is 0.768. The summed E-state index contributed by atoms with van der Waals surface area (Å²) < 4.78 is 3.15. The Balaban J connectivity index is 1.53. The quantitative estimate of drug-likeness (QED) is 0.556. The van der Waals surface area contributed by atoms with Crippen molar-refractivity contribution in [3.8, 4) is 11.1 Å². The Morgan fingerprint density at radius 2 is 2.11 bits per heavy atom. The third-order valence-electron chi connectivity index (χ3n) is 4.21. The van der Waals surface area contributed by atoms with Crippen LogP contribution >= 0.6 is 11.3 Å². The maximum atomic E-state index is 12.2. The first-order chi connectivity index (χ1) is 13.1. The lowest BCUT2D eigenvalue weighted by atomic mass is 10.1. The molecular weight excluding hydrogens is 360 g/mol.